The molecule has 1 N–H and O–H groups in total. The van der Waals surface area contributed by atoms with Crippen LogP contribution in [0.1, 0.15) is 6.92 Å². The van der Waals surface area contributed by atoms with E-state index in [1.807, 2.05) is 24.3 Å². The zero-order valence-electron chi connectivity index (χ0n) is 11.3. The molecule has 0 aromatic heterocycles. The number of nitrogens with zero attached hydrogens (tertiary/aromatic N) is 1. The van der Waals surface area contributed by atoms with E-state index < -0.39 is 0 Å². The Labute approximate surface area is 118 Å². The van der Waals surface area contributed by atoms with Crippen molar-refractivity contribution < 1.29 is 14.3 Å². The van der Waals surface area contributed by atoms with Gasteiger partial charge in [-0.15, -0.1) is 0 Å². The Balaban J connectivity index is 2.61. The first-order valence-corrected chi connectivity index (χ1v) is 6.30. The number of nitrogens with one attached hydrogen (secondary N) is 1. The summed E-state index contributed by atoms with van der Waals surface area (Å²) in [5.74, 6) is 0.378. The van der Waals surface area contributed by atoms with Crippen LogP contribution in [0.25, 0.3) is 0 Å². The van der Waals surface area contributed by atoms with Crippen molar-refractivity contribution in [1.82, 2.24) is 4.90 Å². The number of thiocarbonyl (C=S) groups is 1. The predicted molar refractivity (Wildman–Crippen MR) is 78.5 cm³/mol. The first-order valence-electron chi connectivity index (χ1n) is 5.89. The molecule has 0 unspecified atom stereocenters. The second-order valence-electron chi connectivity index (χ2n) is 3.79. The van der Waals surface area contributed by atoms with Gasteiger partial charge in [-0.05, 0) is 31.3 Å². The first kappa shape index (κ1) is 15.2. The SMILES string of the molecule is CCOC(=O)CN(C)C(=S)Nc1ccccc1OC. The highest BCUT2D eigenvalue weighted by molar-refractivity contribution is 7.80. The maximum absolute atomic E-state index is 11.4. The van der Waals surface area contributed by atoms with Crippen molar-refractivity contribution in [2.45, 2.75) is 6.92 Å². The van der Waals surface area contributed by atoms with E-state index in [1.54, 1.807) is 26.0 Å². The van der Waals surface area contributed by atoms with Crippen LogP contribution in [0.4, 0.5) is 5.69 Å². The summed E-state index contributed by atoms with van der Waals surface area (Å²) in [6.07, 6.45) is 0. The number of esters is 1. The molecule has 0 amide bonds. The average molecular weight is 282 g/mol. The summed E-state index contributed by atoms with van der Waals surface area (Å²) in [5, 5.41) is 3.46. The van der Waals surface area contributed by atoms with Crippen LogP contribution in [0.5, 0.6) is 5.75 Å². The summed E-state index contributed by atoms with van der Waals surface area (Å²) in [4.78, 5) is 13.0. The van der Waals surface area contributed by atoms with Crippen LogP contribution >= 0.6 is 12.2 Å². The number of carbonyl (C=O) groups is 1. The molecule has 1 rings (SSSR count). The van der Waals surface area contributed by atoms with Crippen LogP contribution in [0, 0.1) is 0 Å². The highest BCUT2D eigenvalue weighted by Gasteiger charge is 2.12. The molecular weight excluding hydrogens is 264 g/mol. The van der Waals surface area contributed by atoms with Gasteiger partial charge in [-0.2, -0.15) is 0 Å². The molecule has 0 radical (unpaired) electrons. The molecule has 1 aromatic carbocycles. The van der Waals surface area contributed by atoms with Crippen molar-refractivity contribution in [2.75, 3.05) is 32.6 Å². The zero-order chi connectivity index (χ0) is 14.3. The van der Waals surface area contributed by atoms with E-state index >= 15 is 0 Å². The van der Waals surface area contributed by atoms with E-state index in [1.165, 1.54) is 0 Å². The highest BCUT2D eigenvalue weighted by Crippen LogP contribution is 2.23. The lowest BCUT2D eigenvalue weighted by Gasteiger charge is -2.20. The van der Waals surface area contributed by atoms with Gasteiger partial charge in [-0.3, -0.25) is 4.79 Å². The van der Waals surface area contributed by atoms with Crippen molar-refractivity contribution in [3.8, 4) is 5.75 Å². The number of ether oxygens (including phenoxy) is 2. The topological polar surface area (TPSA) is 50.8 Å². The second kappa shape index (κ2) is 7.58. The number of methoxy groups -OCH3 is 1. The third-order valence-corrected chi connectivity index (χ3v) is 2.78. The van der Waals surface area contributed by atoms with Gasteiger partial charge in [0, 0.05) is 7.05 Å². The fourth-order valence-electron chi connectivity index (χ4n) is 1.43. The van der Waals surface area contributed by atoms with Crippen LogP contribution in [-0.2, 0) is 9.53 Å². The van der Waals surface area contributed by atoms with Crippen LogP contribution < -0.4 is 10.1 Å². The molecular formula is C13H18N2O3S. The van der Waals surface area contributed by atoms with Crippen molar-refractivity contribution in [1.29, 1.82) is 0 Å². The number of rotatable bonds is 5. The van der Waals surface area contributed by atoms with Crippen molar-refractivity contribution in [2.24, 2.45) is 0 Å². The summed E-state index contributed by atoms with van der Waals surface area (Å²) in [7, 11) is 3.31. The summed E-state index contributed by atoms with van der Waals surface area (Å²) in [5.41, 5.74) is 0.755. The van der Waals surface area contributed by atoms with Crippen LogP contribution in [0.3, 0.4) is 0 Å². The minimum absolute atomic E-state index is 0.106. The highest BCUT2D eigenvalue weighted by atomic mass is 32.1. The Kier molecular flexibility index (Phi) is 6.08. The number of hydrogen-bond donors (Lipinski definition) is 1. The first-order chi connectivity index (χ1) is 9.08. The monoisotopic (exact) mass is 282 g/mol. The van der Waals surface area contributed by atoms with Crippen molar-refractivity contribution in [3.63, 3.8) is 0 Å². The van der Waals surface area contributed by atoms with Crippen LogP contribution in [0.15, 0.2) is 24.3 Å². The van der Waals surface area contributed by atoms with Gasteiger partial charge in [0.05, 0.1) is 19.4 Å². The molecule has 6 heteroatoms. The predicted octanol–water partition coefficient (Wildman–Crippen LogP) is 1.89. The molecule has 104 valence electrons. The lowest BCUT2D eigenvalue weighted by atomic mass is 10.3. The van der Waals surface area contributed by atoms with Crippen LogP contribution in [0.2, 0.25) is 0 Å². The number of carbonyl (C=O) groups excluding carboxylic acids is 1. The van der Waals surface area contributed by atoms with Gasteiger partial charge in [0.1, 0.15) is 12.3 Å². The second-order valence-corrected chi connectivity index (χ2v) is 4.18. The zero-order valence-corrected chi connectivity index (χ0v) is 12.1. The Morgan fingerprint density at radius 3 is 2.74 bits per heavy atom. The number of benzene rings is 1. The number of anilines is 1. The molecule has 0 bridgehead atoms. The van der Waals surface area contributed by atoms with E-state index in [-0.39, 0.29) is 12.5 Å². The summed E-state index contributed by atoms with van der Waals surface area (Å²) in [6, 6.07) is 7.42. The fourth-order valence-corrected chi connectivity index (χ4v) is 1.61. The number of para-hydroxylation sites is 2. The average Bonchev–Trinajstić information content (AvgIpc) is 2.39. The van der Waals surface area contributed by atoms with Gasteiger partial charge < -0.3 is 19.7 Å². The largest absolute Gasteiger partial charge is 0.495 e. The summed E-state index contributed by atoms with van der Waals surface area (Å²) >= 11 is 5.22. The van der Waals surface area contributed by atoms with E-state index in [4.69, 9.17) is 21.7 Å². The van der Waals surface area contributed by atoms with Crippen molar-refractivity contribution >= 4 is 29.0 Å². The molecule has 0 saturated heterocycles. The Bertz CT molecular complexity index is 451. The molecule has 0 spiro atoms. The Morgan fingerprint density at radius 2 is 2.11 bits per heavy atom. The normalized spacial score (nSPS) is 9.63. The minimum atomic E-state index is -0.311. The standard InChI is InChI=1S/C13H18N2O3S/c1-4-18-12(16)9-15(2)13(19)14-10-7-5-6-8-11(10)17-3/h5-8H,4,9H2,1-3H3,(H,14,19). The Morgan fingerprint density at radius 1 is 1.42 bits per heavy atom. The molecule has 0 aliphatic rings. The number of hydrogen-bond acceptors (Lipinski definition) is 4. The van der Waals surface area contributed by atoms with Crippen LogP contribution in [-0.4, -0.2) is 43.3 Å². The van der Waals surface area contributed by atoms with E-state index in [0.717, 1.165) is 5.69 Å². The smallest absolute Gasteiger partial charge is 0.325 e. The molecule has 0 atom stereocenters. The van der Waals surface area contributed by atoms with E-state index in [9.17, 15) is 4.79 Å². The minimum Gasteiger partial charge on any atom is -0.495 e. The van der Waals surface area contributed by atoms with Gasteiger partial charge >= 0.3 is 5.97 Å². The molecule has 0 saturated carbocycles. The summed E-state index contributed by atoms with van der Waals surface area (Å²) < 4.78 is 10.1. The van der Waals surface area contributed by atoms with Gasteiger partial charge in [0.2, 0.25) is 0 Å². The lowest BCUT2D eigenvalue weighted by molar-refractivity contribution is -0.143. The van der Waals surface area contributed by atoms with Gasteiger partial charge in [0.15, 0.2) is 5.11 Å². The van der Waals surface area contributed by atoms with Crippen molar-refractivity contribution in [3.05, 3.63) is 24.3 Å². The molecule has 1 aromatic rings. The maximum Gasteiger partial charge on any atom is 0.325 e. The Hall–Kier alpha value is -1.82. The summed E-state index contributed by atoms with van der Waals surface area (Å²) in [6.45, 7) is 2.23. The molecule has 0 heterocycles. The quantitative estimate of drug-likeness (QED) is 0.657. The van der Waals surface area contributed by atoms with E-state index in [0.29, 0.717) is 17.5 Å². The number of likely N-dealkylation sites (N-methyl/N-ethyl adjacent to an activating group) is 1. The third-order valence-electron chi connectivity index (χ3n) is 2.37. The maximum atomic E-state index is 11.4. The molecule has 0 fully saturated rings. The molecule has 19 heavy (non-hydrogen) atoms. The molecule has 0 aliphatic heterocycles. The molecule has 5 nitrogen and oxygen atoms in total. The molecule has 0 aliphatic carbocycles. The van der Waals surface area contributed by atoms with Gasteiger partial charge in [-0.25, -0.2) is 0 Å². The van der Waals surface area contributed by atoms with Gasteiger partial charge in [-0.1, -0.05) is 12.1 Å². The fraction of sp³-hybridized carbons (Fsp3) is 0.385. The van der Waals surface area contributed by atoms with E-state index in [2.05, 4.69) is 5.32 Å². The van der Waals surface area contributed by atoms with Gasteiger partial charge in [0.25, 0.3) is 0 Å². The lowest BCUT2D eigenvalue weighted by Crippen LogP contribution is -2.36. The third kappa shape index (κ3) is 4.75.